The third-order valence-corrected chi connectivity index (χ3v) is 2.31. The molecule has 11 heavy (non-hydrogen) atoms. The highest BCUT2D eigenvalue weighted by Crippen LogP contribution is 2.26. The summed E-state index contributed by atoms with van der Waals surface area (Å²) >= 11 is 0. The first-order valence-electron chi connectivity index (χ1n) is 4.11. The monoisotopic (exact) mass is 152 g/mol. The van der Waals surface area contributed by atoms with Crippen LogP contribution in [0, 0.1) is 5.92 Å². The maximum absolute atomic E-state index is 4.74. The summed E-state index contributed by atoms with van der Waals surface area (Å²) in [5, 5.41) is 4.07. The van der Waals surface area contributed by atoms with Crippen molar-refractivity contribution in [3.63, 3.8) is 0 Å². The molecule has 0 aromatic carbocycles. The number of hydrogen-bond donors (Lipinski definition) is 1. The Bertz CT molecular complexity index is 192. The third-order valence-electron chi connectivity index (χ3n) is 2.31. The molecular formula is C8H12N2O. The van der Waals surface area contributed by atoms with Gasteiger partial charge in [-0.15, -0.1) is 10.7 Å². The van der Waals surface area contributed by atoms with E-state index in [1.165, 1.54) is 25.7 Å². The molecule has 1 aliphatic heterocycles. The summed E-state index contributed by atoms with van der Waals surface area (Å²) in [5.41, 5.74) is 3.66. The average molecular weight is 152 g/mol. The van der Waals surface area contributed by atoms with Gasteiger partial charge in [0.2, 0.25) is 0 Å². The van der Waals surface area contributed by atoms with Crippen molar-refractivity contribution >= 4 is 5.71 Å². The van der Waals surface area contributed by atoms with Crippen LogP contribution in [0.25, 0.3) is 0 Å². The highest BCUT2D eigenvalue weighted by atomic mass is 16.7. The summed E-state index contributed by atoms with van der Waals surface area (Å²) in [5.74, 6) is 0.669. The fourth-order valence-corrected chi connectivity index (χ4v) is 1.70. The zero-order valence-corrected chi connectivity index (χ0v) is 6.42. The lowest BCUT2D eigenvalue weighted by Gasteiger charge is -2.12. The number of hydrogen-bond acceptors (Lipinski definition) is 3. The van der Waals surface area contributed by atoms with E-state index in [1.54, 1.807) is 6.26 Å². The first-order valence-corrected chi connectivity index (χ1v) is 4.11. The highest BCUT2D eigenvalue weighted by molar-refractivity contribution is 5.96. The van der Waals surface area contributed by atoms with E-state index in [2.05, 4.69) is 10.7 Å². The molecule has 0 amide bonds. The first-order chi connectivity index (χ1) is 5.47. The van der Waals surface area contributed by atoms with Crippen LogP contribution in [-0.2, 0) is 4.84 Å². The second kappa shape index (κ2) is 2.95. The molecule has 0 aromatic rings. The van der Waals surface area contributed by atoms with Crippen molar-refractivity contribution in [3.8, 4) is 0 Å². The lowest BCUT2D eigenvalue weighted by molar-refractivity contribution is 0.134. The van der Waals surface area contributed by atoms with Crippen LogP contribution in [0.3, 0.4) is 0 Å². The summed E-state index contributed by atoms with van der Waals surface area (Å²) in [6.07, 6.45) is 8.86. The van der Waals surface area contributed by atoms with Gasteiger partial charge in [0, 0.05) is 5.92 Å². The van der Waals surface area contributed by atoms with Gasteiger partial charge in [0.1, 0.15) is 6.26 Å². The maximum atomic E-state index is 4.74. The second-order valence-electron chi connectivity index (χ2n) is 3.03. The summed E-state index contributed by atoms with van der Waals surface area (Å²) in [4.78, 5) is 4.74. The van der Waals surface area contributed by atoms with Crippen LogP contribution in [0.5, 0.6) is 0 Å². The van der Waals surface area contributed by atoms with Crippen molar-refractivity contribution in [2.75, 3.05) is 0 Å². The molecule has 1 heterocycles. The molecule has 0 atom stereocenters. The van der Waals surface area contributed by atoms with Gasteiger partial charge >= 0.3 is 0 Å². The predicted octanol–water partition coefficient (Wildman–Crippen LogP) is 1.58. The Morgan fingerprint density at radius 2 is 2.27 bits per heavy atom. The topological polar surface area (TPSA) is 33.6 Å². The Labute approximate surface area is 66.1 Å². The molecule has 3 nitrogen and oxygen atoms in total. The molecule has 1 saturated carbocycles. The lowest BCUT2D eigenvalue weighted by atomic mass is 10.0. The number of rotatable bonds is 1. The van der Waals surface area contributed by atoms with Crippen LogP contribution >= 0.6 is 0 Å². The van der Waals surface area contributed by atoms with Crippen LogP contribution in [0.2, 0.25) is 0 Å². The van der Waals surface area contributed by atoms with Gasteiger partial charge in [-0.1, -0.05) is 12.8 Å². The van der Waals surface area contributed by atoms with E-state index in [9.17, 15) is 0 Å². The average Bonchev–Trinajstić information content (AvgIpc) is 2.58. The molecule has 2 rings (SSSR count). The molecular weight excluding hydrogens is 140 g/mol. The van der Waals surface area contributed by atoms with Gasteiger partial charge in [0.05, 0.1) is 5.71 Å². The smallest absolute Gasteiger partial charge is 0.123 e. The van der Waals surface area contributed by atoms with Crippen LogP contribution < -0.4 is 5.59 Å². The summed E-state index contributed by atoms with van der Waals surface area (Å²) in [6, 6.07) is 0. The Morgan fingerprint density at radius 3 is 2.91 bits per heavy atom. The number of hydrazone groups is 1. The van der Waals surface area contributed by atoms with Crippen LogP contribution in [0.15, 0.2) is 17.4 Å². The molecule has 3 heteroatoms. The zero-order valence-electron chi connectivity index (χ0n) is 6.42. The van der Waals surface area contributed by atoms with Crippen molar-refractivity contribution < 1.29 is 4.84 Å². The van der Waals surface area contributed by atoms with E-state index >= 15 is 0 Å². The standard InChI is InChI=1S/C8H12N2O/c1-2-4-7(3-1)8-5-6-11-10-9-8/h5-7,10H,1-4H2. The fraction of sp³-hybridized carbons (Fsp3) is 0.625. The Morgan fingerprint density at radius 1 is 1.45 bits per heavy atom. The molecule has 0 aromatic heterocycles. The molecule has 0 bridgehead atoms. The van der Waals surface area contributed by atoms with Gasteiger partial charge in [0.25, 0.3) is 0 Å². The van der Waals surface area contributed by atoms with Crippen molar-refractivity contribution in [1.29, 1.82) is 0 Å². The molecule has 0 saturated heterocycles. The minimum absolute atomic E-state index is 0.669. The molecule has 1 aliphatic carbocycles. The summed E-state index contributed by atoms with van der Waals surface area (Å²) < 4.78 is 0. The normalized spacial score (nSPS) is 24.2. The van der Waals surface area contributed by atoms with Gasteiger partial charge in [-0.25, -0.2) is 0 Å². The van der Waals surface area contributed by atoms with Crippen molar-refractivity contribution in [2.45, 2.75) is 25.7 Å². The molecule has 60 valence electrons. The Balaban J connectivity index is 2.02. The number of allylic oxidation sites excluding steroid dienone is 1. The number of nitrogens with one attached hydrogen (secondary N) is 1. The first kappa shape index (κ1) is 6.70. The Hall–Kier alpha value is -0.990. The van der Waals surface area contributed by atoms with Crippen LogP contribution in [-0.4, -0.2) is 5.71 Å². The highest BCUT2D eigenvalue weighted by Gasteiger charge is 2.20. The second-order valence-corrected chi connectivity index (χ2v) is 3.03. The summed E-state index contributed by atoms with van der Waals surface area (Å²) in [6.45, 7) is 0. The molecule has 0 radical (unpaired) electrons. The van der Waals surface area contributed by atoms with E-state index in [0.717, 1.165) is 5.71 Å². The maximum Gasteiger partial charge on any atom is 0.123 e. The van der Waals surface area contributed by atoms with E-state index in [1.807, 2.05) is 6.08 Å². The quantitative estimate of drug-likeness (QED) is 0.619. The van der Waals surface area contributed by atoms with Crippen molar-refractivity contribution in [2.24, 2.45) is 11.0 Å². The van der Waals surface area contributed by atoms with E-state index in [0.29, 0.717) is 5.92 Å². The van der Waals surface area contributed by atoms with Gasteiger partial charge in [0.15, 0.2) is 0 Å². The van der Waals surface area contributed by atoms with Gasteiger partial charge in [-0.05, 0) is 18.9 Å². The van der Waals surface area contributed by atoms with Crippen LogP contribution in [0.1, 0.15) is 25.7 Å². The van der Waals surface area contributed by atoms with E-state index < -0.39 is 0 Å². The summed E-state index contributed by atoms with van der Waals surface area (Å²) in [7, 11) is 0. The molecule has 2 aliphatic rings. The molecule has 0 unspecified atom stereocenters. The van der Waals surface area contributed by atoms with Crippen molar-refractivity contribution in [3.05, 3.63) is 12.3 Å². The minimum atomic E-state index is 0.669. The number of nitrogens with zero attached hydrogens (tertiary/aromatic N) is 1. The molecule has 1 fully saturated rings. The fourth-order valence-electron chi connectivity index (χ4n) is 1.70. The lowest BCUT2D eigenvalue weighted by Crippen LogP contribution is -2.17. The predicted molar refractivity (Wildman–Crippen MR) is 42.8 cm³/mol. The van der Waals surface area contributed by atoms with E-state index in [4.69, 9.17) is 4.84 Å². The van der Waals surface area contributed by atoms with Gasteiger partial charge in [-0.3, -0.25) is 0 Å². The SMILES string of the molecule is C1=CC(C2CCCC2)=NNO1. The minimum Gasteiger partial charge on any atom is -0.373 e. The largest absolute Gasteiger partial charge is 0.373 e. The van der Waals surface area contributed by atoms with Crippen LogP contribution in [0.4, 0.5) is 0 Å². The van der Waals surface area contributed by atoms with E-state index in [-0.39, 0.29) is 0 Å². The molecule has 1 N–H and O–H groups in total. The molecule has 0 spiro atoms. The van der Waals surface area contributed by atoms with Gasteiger partial charge in [-0.2, -0.15) is 0 Å². The zero-order chi connectivity index (χ0) is 7.52. The van der Waals surface area contributed by atoms with Crippen molar-refractivity contribution in [1.82, 2.24) is 5.59 Å². The third kappa shape index (κ3) is 1.37. The Kier molecular flexibility index (Phi) is 1.79. The van der Waals surface area contributed by atoms with Gasteiger partial charge < -0.3 is 4.84 Å².